The first-order chi connectivity index (χ1) is 10.4. The molecule has 2 aromatic rings. The van der Waals surface area contributed by atoms with Crippen molar-refractivity contribution in [3.63, 3.8) is 0 Å². The van der Waals surface area contributed by atoms with Gasteiger partial charge in [0.1, 0.15) is 5.82 Å². The summed E-state index contributed by atoms with van der Waals surface area (Å²) < 4.78 is 26.7. The van der Waals surface area contributed by atoms with Gasteiger partial charge in [-0.3, -0.25) is 4.72 Å². The first kappa shape index (κ1) is 16.5. The third kappa shape index (κ3) is 4.30. The Morgan fingerprint density at radius 3 is 2.32 bits per heavy atom. The lowest BCUT2D eigenvalue weighted by atomic mass is 10.2. The van der Waals surface area contributed by atoms with Crippen molar-refractivity contribution in [1.29, 1.82) is 0 Å². The Balaban J connectivity index is 1.99. The molecule has 0 saturated heterocycles. The molecule has 0 spiro atoms. The molecule has 0 atom stereocenters. The van der Waals surface area contributed by atoms with Gasteiger partial charge in [0.15, 0.2) is 5.82 Å². The summed E-state index contributed by atoms with van der Waals surface area (Å²) in [4.78, 5) is 0. The Bertz CT molecular complexity index is 734. The van der Waals surface area contributed by atoms with E-state index in [-0.39, 0.29) is 5.82 Å². The van der Waals surface area contributed by atoms with Crippen LogP contribution in [0.4, 0.5) is 11.6 Å². The lowest BCUT2D eigenvalue weighted by Crippen LogP contribution is -2.29. The number of nitrogens with one attached hydrogen (secondary N) is 2. The van der Waals surface area contributed by atoms with Crippen molar-refractivity contribution in [2.24, 2.45) is 0 Å². The van der Waals surface area contributed by atoms with Gasteiger partial charge < -0.3 is 5.32 Å². The second-order valence-electron chi connectivity index (χ2n) is 4.64. The minimum absolute atomic E-state index is 0.150. The summed E-state index contributed by atoms with van der Waals surface area (Å²) in [5.41, 5.74) is 0.934. The molecule has 1 heterocycles. The third-order valence-corrected chi connectivity index (χ3v) is 4.59. The van der Waals surface area contributed by atoms with Crippen molar-refractivity contribution in [2.45, 2.75) is 6.54 Å². The molecule has 7 nitrogen and oxygen atoms in total. The molecule has 1 aromatic heterocycles. The number of benzene rings is 1. The predicted octanol–water partition coefficient (Wildman–Crippen LogP) is 1.96. The highest BCUT2D eigenvalue weighted by atomic mass is 35.5. The minimum Gasteiger partial charge on any atom is -0.364 e. The van der Waals surface area contributed by atoms with Crippen molar-refractivity contribution in [3.8, 4) is 0 Å². The van der Waals surface area contributed by atoms with Crippen molar-refractivity contribution in [3.05, 3.63) is 47.0 Å². The molecular weight excluding hydrogens is 326 g/mol. The number of aromatic nitrogens is 2. The fourth-order valence-electron chi connectivity index (χ4n) is 1.53. The average Bonchev–Trinajstić information content (AvgIpc) is 2.47. The molecule has 0 unspecified atom stereocenters. The van der Waals surface area contributed by atoms with Gasteiger partial charge in [-0.05, 0) is 23.8 Å². The second-order valence-corrected chi connectivity index (χ2v) is 6.93. The molecule has 1 aromatic carbocycles. The fourth-order valence-corrected chi connectivity index (χ4v) is 2.29. The minimum atomic E-state index is -3.58. The smallest absolute Gasteiger partial charge is 0.302 e. The fraction of sp³-hybridized carbons (Fsp3) is 0.231. The molecule has 22 heavy (non-hydrogen) atoms. The standard InChI is InChI=1S/C13H16ClN5O2S/c1-19(2)22(20,21)18-13-8-7-12(16-17-13)15-9-10-5-3-4-6-11(10)14/h3-8H,9H2,1-2H3,(H,15,16)(H,17,18). The van der Waals surface area contributed by atoms with Crippen LogP contribution in [0, 0.1) is 0 Å². The quantitative estimate of drug-likeness (QED) is 0.838. The van der Waals surface area contributed by atoms with Crippen LogP contribution in [0.25, 0.3) is 0 Å². The summed E-state index contributed by atoms with van der Waals surface area (Å²) in [5.74, 6) is 0.671. The molecule has 0 amide bonds. The number of hydrogen-bond donors (Lipinski definition) is 2. The van der Waals surface area contributed by atoms with Crippen LogP contribution < -0.4 is 10.0 Å². The van der Waals surface area contributed by atoms with Crippen molar-refractivity contribution >= 4 is 33.4 Å². The predicted molar refractivity (Wildman–Crippen MR) is 87.0 cm³/mol. The van der Waals surface area contributed by atoms with E-state index in [0.717, 1.165) is 9.87 Å². The van der Waals surface area contributed by atoms with E-state index >= 15 is 0 Å². The Kier molecular flexibility index (Phi) is 5.17. The number of nitrogens with zero attached hydrogens (tertiary/aromatic N) is 3. The van der Waals surface area contributed by atoms with Crippen molar-refractivity contribution in [2.75, 3.05) is 24.1 Å². The molecule has 0 bridgehead atoms. The molecule has 0 aliphatic carbocycles. The van der Waals surface area contributed by atoms with Gasteiger partial charge in [-0.15, -0.1) is 10.2 Å². The van der Waals surface area contributed by atoms with Gasteiger partial charge in [-0.1, -0.05) is 29.8 Å². The van der Waals surface area contributed by atoms with Crippen LogP contribution in [0.5, 0.6) is 0 Å². The maximum Gasteiger partial charge on any atom is 0.302 e. The molecule has 0 radical (unpaired) electrons. The summed E-state index contributed by atoms with van der Waals surface area (Å²) in [7, 11) is -0.730. The lowest BCUT2D eigenvalue weighted by Gasteiger charge is -2.12. The summed E-state index contributed by atoms with van der Waals surface area (Å²) in [6.45, 7) is 0.497. The van der Waals surface area contributed by atoms with Crippen LogP contribution in [0.1, 0.15) is 5.56 Å². The van der Waals surface area contributed by atoms with Gasteiger partial charge in [0.2, 0.25) is 0 Å². The van der Waals surface area contributed by atoms with E-state index in [2.05, 4.69) is 20.2 Å². The maximum atomic E-state index is 11.6. The Labute approximate surface area is 134 Å². The van der Waals surface area contributed by atoms with Crippen LogP contribution >= 0.6 is 11.6 Å². The molecule has 0 saturated carbocycles. The first-order valence-corrected chi connectivity index (χ1v) is 8.21. The van der Waals surface area contributed by atoms with E-state index < -0.39 is 10.2 Å². The van der Waals surface area contributed by atoms with Crippen LogP contribution in [0.3, 0.4) is 0 Å². The molecular formula is C13H16ClN5O2S. The van der Waals surface area contributed by atoms with E-state index in [1.165, 1.54) is 20.2 Å². The van der Waals surface area contributed by atoms with Crippen LogP contribution in [0.2, 0.25) is 5.02 Å². The summed E-state index contributed by atoms with van der Waals surface area (Å²) in [6, 6.07) is 10.6. The Morgan fingerprint density at radius 2 is 1.73 bits per heavy atom. The van der Waals surface area contributed by atoms with E-state index in [9.17, 15) is 8.42 Å². The van der Waals surface area contributed by atoms with Crippen LogP contribution in [-0.2, 0) is 16.8 Å². The third-order valence-electron chi connectivity index (χ3n) is 2.80. The number of halogens is 1. The van der Waals surface area contributed by atoms with Gasteiger partial charge in [0.05, 0.1) is 0 Å². The van der Waals surface area contributed by atoms with E-state index in [4.69, 9.17) is 11.6 Å². The Morgan fingerprint density at radius 1 is 1.09 bits per heavy atom. The van der Waals surface area contributed by atoms with E-state index in [0.29, 0.717) is 17.4 Å². The molecule has 9 heteroatoms. The van der Waals surface area contributed by atoms with E-state index in [1.807, 2.05) is 24.3 Å². The molecule has 0 aliphatic rings. The van der Waals surface area contributed by atoms with Crippen LogP contribution in [0.15, 0.2) is 36.4 Å². The normalized spacial score (nSPS) is 11.5. The number of hydrogen-bond acceptors (Lipinski definition) is 5. The van der Waals surface area contributed by atoms with Crippen molar-refractivity contribution < 1.29 is 8.42 Å². The largest absolute Gasteiger partial charge is 0.364 e. The average molecular weight is 342 g/mol. The van der Waals surface area contributed by atoms with Gasteiger partial charge in [0.25, 0.3) is 0 Å². The highest BCUT2D eigenvalue weighted by Crippen LogP contribution is 2.16. The molecule has 2 rings (SSSR count). The molecule has 0 fully saturated rings. The molecule has 2 N–H and O–H groups in total. The second kappa shape index (κ2) is 6.91. The molecule has 118 valence electrons. The van der Waals surface area contributed by atoms with Crippen molar-refractivity contribution in [1.82, 2.24) is 14.5 Å². The summed E-state index contributed by atoms with van der Waals surface area (Å²) >= 11 is 6.06. The lowest BCUT2D eigenvalue weighted by molar-refractivity contribution is 0.526. The first-order valence-electron chi connectivity index (χ1n) is 6.40. The van der Waals surface area contributed by atoms with Gasteiger partial charge in [-0.25, -0.2) is 0 Å². The number of anilines is 2. The van der Waals surface area contributed by atoms with Gasteiger partial charge in [0, 0.05) is 25.7 Å². The van der Waals surface area contributed by atoms with Crippen LogP contribution in [-0.4, -0.2) is 37.0 Å². The van der Waals surface area contributed by atoms with Gasteiger partial charge >= 0.3 is 10.2 Å². The Hall–Kier alpha value is -1.90. The topological polar surface area (TPSA) is 87.2 Å². The monoisotopic (exact) mass is 341 g/mol. The zero-order valence-electron chi connectivity index (χ0n) is 12.1. The van der Waals surface area contributed by atoms with Gasteiger partial charge in [-0.2, -0.15) is 12.7 Å². The zero-order valence-corrected chi connectivity index (χ0v) is 13.7. The SMILES string of the molecule is CN(C)S(=O)(=O)Nc1ccc(NCc2ccccc2Cl)nn1. The highest BCUT2D eigenvalue weighted by molar-refractivity contribution is 7.90. The highest BCUT2D eigenvalue weighted by Gasteiger charge is 2.13. The zero-order chi connectivity index (χ0) is 16.2. The molecule has 0 aliphatic heterocycles. The van der Waals surface area contributed by atoms with E-state index in [1.54, 1.807) is 6.07 Å². The summed E-state index contributed by atoms with van der Waals surface area (Å²) in [5, 5.41) is 11.5. The summed E-state index contributed by atoms with van der Waals surface area (Å²) in [6.07, 6.45) is 0. The number of rotatable bonds is 6. The maximum absolute atomic E-state index is 11.6.